The molecule has 0 amide bonds. The van der Waals surface area contributed by atoms with Gasteiger partial charge in [0.1, 0.15) is 35.1 Å². The third-order valence-corrected chi connectivity index (χ3v) is 13.9. The molecule has 386 valence electrons. The molecule has 6 heteroatoms. The van der Waals surface area contributed by atoms with Gasteiger partial charge in [-0.15, -0.1) is 0 Å². The Balaban J connectivity index is 1.19. The summed E-state index contributed by atoms with van der Waals surface area (Å²) in [6, 6.07) is 30.4. The van der Waals surface area contributed by atoms with Gasteiger partial charge in [0.25, 0.3) is 0 Å². The third kappa shape index (κ3) is 26.0. The normalized spacial score (nSPS) is 12.5. The number of unbranched alkanes of at least 4 members (excludes halogenated alkanes) is 30. The number of nitrogens with zero attached hydrogens (tertiary/aromatic N) is 2. The van der Waals surface area contributed by atoms with E-state index in [-0.39, 0.29) is 11.5 Å². The summed E-state index contributed by atoms with van der Waals surface area (Å²) in [6.07, 6.45) is 46.4. The van der Waals surface area contributed by atoms with E-state index < -0.39 is 12.1 Å². The monoisotopic (exact) mass is 957 g/mol. The van der Waals surface area contributed by atoms with Crippen LogP contribution in [0.3, 0.4) is 0 Å². The number of benzene rings is 4. The molecule has 4 aromatic carbocycles. The largest absolute Gasteiger partial charge is 0.507 e. The van der Waals surface area contributed by atoms with Gasteiger partial charge in [-0.1, -0.05) is 267 Å². The van der Waals surface area contributed by atoms with Crippen molar-refractivity contribution >= 4 is 12.4 Å². The molecular weight excluding hydrogens is 861 g/mol. The lowest BCUT2D eigenvalue weighted by atomic mass is 9.94. The first-order valence-electron chi connectivity index (χ1n) is 28.7. The zero-order valence-electron chi connectivity index (χ0n) is 44.2. The standard InChI is InChI=1S/C64H96N2O4/c1-3-5-7-9-11-13-15-17-19-21-23-25-27-29-31-39-49-69-59-47-45-57(61(67)51-59)53-65-63(55-41-35-33-36-42-55)64(56-43-37-34-38-44-56)66-54-58-46-48-60(52-62(58)68)70-50-40-32-30-28-26-24-22-20-18-16-14-12-10-8-6-4-2/h33-38,41-48,51-54,63-64,67-68H,3-32,39-40,49-50H2,1-2H3/t63-,64-/m0/s1. The maximum absolute atomic E-state index is 11.1. The van der Waals surface area contributed by atoms with Gasteiger partial charge in [0, 0.05) is 35.7 Å². The van der Waals surface area contributed by atoms with Gasteiger partial charge in [0.2, 0.25) is 0 Å². The average Bonchev–Trinajstić information content (AvgIpc) is 3.38. The van der Waals surface area contributed by atoms with Crippen LogP contribution in [0, 0.1) is 0 Å². The summed E-state index contributed by atoms with van der Waals surface area (Å²) in [7, 11) is 0. The predicted molar refractivity (Wildman–Crippen MR) is 300 cm³/mol. The minimum atomic E-state index is -0.408. The van der Waals surface area contributed by atoms with Crippen molar-refractivity contribution in [3.63, 3.8) is 0 Å². The van der Waals surface area contributed by atoms with Crippen LogP contribution in [-0.2, 0) is 0 Å². The summed E-state index contributed by atoms with van der Waals surface area (Å²) in [4.78, 5) is 10.2. The lowest BCUT2D eigenvalue weighted by Gasteiger charge is -2.22. The topological polar surface area (TPSA) is 83.6 Å². The minimum Gasteiger partial charge on any atom is -0.507 e. The fraction of sp³-hybridized carbons (Fsp3) is 0.594. The smallest absolute Gasteiger partial charge is 0.128 e. The third-order valence-electron chi connectivity index (χ3n) is 13.9. The van der Waals surface area contributed by atoms with Crippen molar-refractivity contribution in [3.05, 3.63) is 119 Å². The highest BCUT2D eigenvalue weighted by atomic mass is 16.5. The molecule has 0 heterocycles. The summed E-state index contributed by atoms with van der Waals surface area (Å²) < 4.78 is 12.1. The maximum Gasteiger partial charge on any atom is 0.128 e. The molecule has 4 aromatic rings. The maximum atomic E-state index is 11.1. The minimum absolute atomic E-state index is 0.127. The molecule has 0 spiro atoms. The van der Waals surface area contributed by atoms with E-state index in [1.807, 2.05) is 60.7 Å². The number of phenols is 2. The Hall–Kier alpha value is -4.58. The fourth-order valence-electron chi connectivity index (χ4n) is 9.45. The predicted octanol–water partition coefficient (Wildman–Crippen LogP) is 19.4. The zero-order chi connectivity index (χ0) is 49.4. The molecule has 70 heavy (non-hydrogen) atoms. The van der Waals surface area contributed by atoms with E-state index in [4.69, 9.17) is 19.5 Å². The van der Waals surface area contributed by atoms with Crippen LogP contribution in [0.5, 0.6) is 23.0 Å². The van der Waals surface area contributed by atoms with Crippen LogP contribution in [0.2, 0.25) is 0 Å². The fourth-order valence-corrected chi connectivity index (χ4v) is 9.45. The van der Waals surface area contributed by atoms with Gasteiger partial charge in [0.05, 0.1) is 13.2 Å². The van der Waals surface area contributed by atoms with Gasteiger partial charge in [-0.2, -0.15) is 0 Å². The van der Waals surface area contributed by atoms with Crippen molar-refractivity contribution in [1.29, 1.82) is 0 Å². The number of aromatic hydroxyl groups is 2. The van der Waals surface area contributed by atoms with E-state index in [9.17, 15) is 10.2 Å². The van der Waals surface area contributed by atoms with Gasteiger partial charge < -0.3 is 19.7 Å². The molecule has 6 nitrogen and oxygen atoms in total. The molecule has 0 saturated carbocycles. The van der Waals surface area contributed by atoms with Crippen molar-refractivity contribution in [2.45, 2.75) is 231 Å². The summed E-state index contributed by atoms with van der Waals surface area (Å²) in [5.41, 5.74) is 3.20. The molecular formula is C64H96N2O4. The number of aliphatic imine (C=N–C) groups is 2. The summed E-state index contributed by atoms with van der Waals surface area (Å²) in [5.74, 6) is 1.58. The average molecular weight is 957 g/mol. The number of phenolic OH excluding ortho intramolecular Hbond substituents is 2. The van der Waals surface area contributed by atoms with Crippen LogP contribution in [-0.4, -0.2) is 35.9 Å². The molecule has 2 atom stereocenters. The van der Waals surface area contributed by atoms with Crippen molar-refractivity contribution < 1.29 is 19.7 Å². The lowest BCUT2D eigenvalue weighted by molar-refractivity contribution is 0.302. The molecule has 0 radical (unpaired) electrons. The molecule has 0 bridgehead atoms. The SMILES string of the molecule is CCCCCCCCCCCCCCCCCCOc1ccc(C=N[C@@H](c2ccccc2)[C@@H](N=Cc2ccc(OCCCCCCCCCCCCCCCCCC)cc2O)c2ccccc2)c(O)c1. The molecule has 0 aromatic heterocycles. The van der Waals surface area contributed by atoms with E-state index >= 15 is 0 Å². The Morgan fingerprint density at radius 1 is 0.357 bits per heavy atom. The van der Waals surface area contributed by atoms with Crippen molar-refractivity contribution in [2.75, 3.05) is 13.2 Å². The molecule has 0 aliphatic carbocycles. The summed E-state index contributed by atoms with van der Waals surface area (Å²) in [6.45, 7) is 5.86. The summed E-state index contributed by atoms with van der Waals surface area (Å²) in [5, 5.41) is 22.2. The number of rotatable bonds is 43. The Morgan fingerprint density at radius 2 is 0.629 bits per heavy atom. The molecule has 0 unspecified atom stereocenters. The van der Waals surface area contributed by atoms with Gasteiger partial charge in [-0.05, 0) is 48.2 Å². The lowest BCUT2D eigenvalue weighted by Crippen LogP contribution is -2.09. The first-order valence-corrected chi connectivity index (χ1v) is 28.7. The second kappa shape index (κ2) is 39.1. The highest BCUT2D eigenvalue weighted by molar-refractivity contribution is 5.85. The van der Waals surface area contributed by atoms with Crippen LogP contribution in [0.25, 0.3) is 0 Å². The van der Waals surface area contributed by atoms with E-state index in [0.717, 1.165) is 24.0 Å². The van der Waals surface area contributed by atoms with Crippen LogP contribution < -0.4 is 9.47 Å². The van der Waals surface area contributed by atoms with Gasteiger partial charge in [0.15, 0.2) is 0 Å². The van der Waals surface area contributed by atoms with Crippen LogP contribution in [0.1, 0.15) is 254 Å². The van der Waals surface area contributed by atoms with Gasteiger partial charge >= 0.3 is 0 Å². The first-order chi connectivity index (χ1) is 34.6. The summed E-state index contributed by atoms with van der Waals surface area (Å²) >= 11 is 0. The molecule has 0 fully saturated rings. The highest BCUT2D eigenvalue weighted by Gasteiger charge is 2.24. The second-order valence-electron chi connectivity index (χ2n) is 20.0. The van der Waals surface area contributed by atoms with Crippen molar-refractivity contribution in [2.24, 2.45) is 9.98 Å². The number of hydrogen-bond acceptors (Lipinski definition) is 6. The Kier molecular flexibility index (Phi) is 32.4. The van der Waals surface area contributed by atoms with Gasteiger partial charge in [-0.3, -0.25) is 9.98 Å². The second-order valence-corrected chi connectivity index (χ2v) is 20.0. The van der Waals surface area contributed by atoms with E-state index in [1.54, 1.807) is 24.6 Å². The van der Waals surface area contributed by atoms with Gasteiger partial charge in [-0.25, -0.2) is 0 Å². The Labute approximate surface area is 427 Å². The highest BCUT2D eigenvalue weighted by Crippen LogP contribution is 2.37. The molecule has 4 rings (SSSR count). The molecule has 0 aliphatic heterocycles. The Bertz CT molecular complexity index is 1770. The van der Waals surface area contributed by atoms with Crippen molar-refractivity contribution in [3.8, 4) is 23.0 Å². The molecule has 2 N–H and O–H groups in total. The van der Waals surface area contributed by atoms with E-state index in [2.05, 4.69) is 38.1 Å². The van der Waals surface area contributed by atoms with Crippen LogP contribution >= 0.6 is 0 Å². The van der Waals surface area contributed by atoms with Crippen LogP contribution in [0.4, 0.5) is 0 Å². The molecule has 0 saturated heterocycles. The zero-order valence-corrected chi connectivity index (χ0v) is 44.2. The number of ether oxygens (including phenoxy) is 2. The van der Waals surface area contributed by atoms with Crippen LogP contribution in [0.15, 0.2) is 107 Å². The Morgan fingerprint density at radius 3 is 0.900 bits per heavy atom. The first kappa shape index (κ1) is 58.0. The van der Waals surface area contributed by atoms with E-state index in [1.165, 1.54) is 193 Å². The van der Waals surface area contributed by atoms with E-state index in [0.29, 0.717) is 35.8 Å². The quantitative estimate of drug-likeness (QED) is 0.0342. The molecule has 0 aliphatic rings. The number of hydrogen-bond donors (Lipinski definition) is 2. The van der Waals surface area contributed by atoms with Crippen molar-refractivity contribution in [1.82, 2.24) is 0 Å².